The van der Waals surface area contributed by atoms with Crippen molar-refractivity contribution in [1.82, 2.24) is 14.7 Å². The summed E-state index contributed by atoms with van der Waals surface area (Å²) >= 11 is 7.19. The highest BCUT2D eigenvalue weighted by atomic mass is 35.5. The third kappa shape index (κ3) is 4.13. The molecular formula is C12H15ClN4O2S2. The molecule has 0 bridgehead atoms. The molecule has 2 aromatic heterocycles. The van der Waals surface area contributed by atoms with E-state index in [1.165, 1.54) is 23.7 Å². The van der Waals surface area contributed by atoms with Gasteiger partial charge in [-0.15, -0.1) is 11.3 Å². The van der Waals surface area contributed by atoms with Gasteiger partial charge in [0.15, 0.2) is 0 Å². The van der Waals surface area contributed by atoms with Gasteiger partial charge in [0.05, 0.1) is 22.8 Å². The predicted octanol–water partition coefficient (Wildman–Crippen LogP) is 2.66. The number of nitrogens with zero attached hydrogens (tertiary/aromatic N) is 2. The van der Waals surface area contributed by atoms with Crippen LogP contribution in [-0.4, -0.2) is 24.9 Å². The van der Waals surface area contributed by atoms with Gasteiger partial charge in [-0.2, -0.15) is 0 Å². The lowest BCUT2D eigenvalue weighted by molar-refractivity contribution is 0.567. The Kier molecular flexibility index (Phi) is 5.15. The Labute approximate surface area is 132 Å². The van der Waals surface area contributed by atoms with Crippen molar-refractivity contribution in [2.24, 2.45) is 0 Å². The molecule has 0 amide bonds. The number of sulfonamides is 1. The number of aromatic nitrogens is 2. The number of rotatable bonds is 6. The van der Waals surface area contributed by atoms with Gasteiger partial charge >= 0.3 is 0 Å². The van der Waals surface area contributed by atoms with Crippen LogP contribution in [-0.2, 0) is 10.0 Å². The van der Waals surface area contributed by atoms with Crippen LogP contribution in [0.25, 0.3) is 0 Å². The normalized spacial score (nSPS) is 13.1. The molecule has 0 radical (unpaired) electrons. The third-order valence-electron chi connectivity index (χ3n) is 2.63. The van der Waals surface area contributed by atoms with E-state index < -0.39 is 10.0 Å². The van der Waals surface area contributed by atoms with Crippen molar-refractivity contribution >= 4 is 38.9 Å². The minimum atomic E-state index is -3.67. The summed E-state index contributed by atoms with van der Waals surface area (Å²) in [6.45, 7) is 4.33. The maximum atomic E-state index is 12.3. The second-order valence-corrected chi connectivity index (χ2v) is 7.72. The second kappa shape index (κ2) is 6.69. The monoisotopic (exact) mass is 346 g/mol. The van der Waals surface area contributed by atoms with Crippen LogP contribution >= 0.6 is 22.9 Å². The van der Waals surface area contributed by atoms with Gasteiger partial charge in [-0.05, 0) is 26.0 Å². The number of hydrogen-bond acceptors (Lipinski definition) is 6. The van der Waals surface area contributed by atoms with E-state index in [4.69, 9.17) is 11.6 Å². The van der Waals surface area contributed by atoms with Gasteiger partial charge in [0, 0.05) is 11.4 Å². The van der Waals surface area contributed by atoms with Crippen LogP contribution in [0.4, 0.5) is 5.95 Å². The topological polar surface area (TPSA) is 84.0 Å². The minimum Gasteiger partial charge on any atom is -0.355 e. The van der Waals surface area contributed by atoms with E-state index in [1.807, 2.05) is 6.92 Å². The van der Waals surface area contributed by atoms with Gasteiger partial charge in [0.2, 0.25) is 16.0 Å². The van der Waals surface area contributed by atoms with Gasteiger partial charge in [0.1, 0.15) is 4.90 Å². The van der Waals surface area contributed by atoms with E-state index in [0.29, 0.717) is 16.8 Å². The molecule has 0 saturated heterocycles. The first-order valence-electron chi connectivity index (χ1n) is 6.26. The molecular weight excluding hydrogens is 332 g/mol. The maximum Gasteiger partial charge on any atom is 0.244 e. The smallest absolute Gasteiger partial charge is 0.244 e. The van der Waals surface area contributed by atoms with Crippen molar-refractivity contribution in [2.45, 2.75) is 24.8 Å². The predicted molar refractivity (Wildman–Crippen MR) is 84.3 cm³/mol. The third-order valence-corrected chi connectivity index (χ3v) is 5.54. The van der Waals surface area contributed by atoms with E-state index in [2.05, 4.69) is 20.0 Å². The fourth-order valence-electron chi connectivity index (χ4n) is 1.62. The summed E-state index contributed by atoms with van der Waals surface area (Å²) < 4.78 is 27.7. The Bertz CT molecular complexity index is 700. The largest absolute Gasteiger partial charge is 0.355 e. The molecule has 2 rings (SSSR count). The molecule has 2 N–H and O–H groups in total. The molecule has 0 aliphatic rings. The summed E-state index contributed by atoms with van der Waals surface area (Å²) in [6.07, 6.45) is 2.56. The van der Waals surface area contributed by atoms with Crippen molar-refractivity contribution in [2.75, 3.05) is 11.9 Å². The van der Waals surface area contributed by atoms with Crippen LogP contribution in [0.1, 0.15) is 24.8 Å². The lowest BCUT2D eigenvalue weighted by atomic mass is 10.3. The average Bonchev–Trinajstić information content (AvgIpc) is 2.86. The first kappa shape index (κ1) is 16.2. The minimum absolute atomic E-state index is 0.0265. The maximum absolute atomic E-state index is 12.3. The quantitative estimate of drug-likeness (QED) is 0.840. The van der Waals surface area contributed by atoms with Gasteiger partial charge in [0.25, 0.3) is 0 Å². The van der Waals surface area contributed by atoms with Crippen LogP contribution < -0.4 is 10.0 Å². The van der Waals surface area contributed by atoms with Crippen molar-refractivity contribution in [3.05, 3.63) is 33.7 Å². The van der Waals surface area contributed by atoms with Crippen LogP contribution in [0.15, 0.2) is 29.4 Å². The van der Waals surface area contributed by atoms with Crippen molar-refractivity contribution in [3.63, 3.8) is 0 Å². The summed E-state index contributed by atoms with van der Waals surface area (Å²) in [7, 11) is -3.67. The number of thiophene rings is 1. The van der Waals surface area contributed by atoms with E-state index in [0.717, 1.165) is 4.88 Å². The zero-order valence-electron chi connectivity index (χ0n) is 11.5. The highest BCUT2D eigenvalue weighted by molar-refractivity contribution is 7.89. The van der Waals surface area contributed by atoms with Crippen LogP contribution in [0.3, 0.4) is 0 Å². The Morgan fingerprint density at radius 2 is 2.00 bits per heavy atom. The molecule has 1 atom stereocenters. The van der Waals surface area contributed by atoms with Crippen LogP contribution in [0.5, 0.6) is 0 Å². The van der Waals surface area contributed by atoms with Crippen molar-refractivity contribution < 1.29 is 8.42 Å². The fourth-order valence-corrected chi connectivity index (χ4v) is 3.87. The molecule has 6 nitrogen and oxygen atoms in total. The van der Waals surface area contributed by atoms with Gasteiger partial charge in [-0.25, -0.2) is 23.1 Å². The number of nitrogens with one attached hydrogen (secondary N) is 2. The summed E-state index contributed by atoms with van der Waals surface area (Å²) in [6, 6.07) is 3.16. The summed E-state index contributed by atoms with van der Waals surface area (Å²) in [5.74, 6) is 0.398. The average molecular weight is 347 g/mol. The van der Waals surface area contributed by atoms with Crippen molar-refractivity contribution in [3.8, 4) is 0 Å². The molecule has 1 unspecified atom stereocenters. The second-order valence-electron chi connectivity index (χ2n) is 4.26. The van der Waals surface area contributed by atoms with E-state index in [9.17, 15) is 8.42 Å². The lowest BCUT2D eigenvalue weighted by Gasteiger charge is -2.12. The summed E-state index contributed by atoms with van der Waals surface area (Å²) in [4.78, 5) is 8.79. The highest BCUT2D eigenvalue weighted by Gasteiger charge is 2.20. The number of hydrogen-bond donors (Lipinski definition) is 2. The molecule has 21 heavy (non-hydrogen) atoms. The molecule has 2 aromatic rings. The molecule has 0 aliphatic heterocycles. The molecule has 0 aliphatic carbocycles. The van der Waals surface area contributed by atoms with E-state index >= 15 is 0 Å². The molecule has 0 saturated carbocycles. The Morgan fingerprint density at radius 3 is 2.52 bits per heavy atom. The Balaban J connectivity index is 2.14. The van der Waals surface area contributed by atoms with Gasteiger partial charge in [-0.3, -0.25) is 0 Å². The SMILES string of the molecule is CCNc1ncc(S(=O)(=O)NC(C)c2ccc(Cl)s2)cn1. The fraction of sp³-hybridized carbons (Fsp3) is 0.333. The van der Waals surface area contributed by atoms with Gasteiger partial charge in [-0.1, -0.05) is 11.6 Å². The van der Waals surface area contributed by atoms with E-state index in [-0.39, 0.29) is 10.9 Å². The van der Waals surface area contributed by atoms with E-state index in [1.54, 1.807) is 19.1 Å². The zero-order valence-corrected chi connectivity index (χ0v) is 13.9. The standard InChI is InChI=1S/C12H15ClN4O2S2/c1-3-14-12-15-6-9(7-16-12)21(18,19)17-8(2)10-4-5-11(13)20-10/h4-8,17H,3H2,1-2H3,(H,14,15,16). The zero-order chi connectivity index (χ0) is 15.5. The highest BCUT2D eigenvalue weighted by Crippen LogP contribution is 2.27. The molecule has 0 aromatic carbocycles. The first-order valence-corrected chi connectivity index (χ1v) is 8.93. The Morgan fingerprint density at radius 1 is 1.33 bits per heavy atom. The lowest BCUT2D eigenvalue weighted by Crippen LogP contribution is -2.26. The molecule has 0 fully saturated rings. The summed E-state index contributed by atoms with van der Waals surface area (Å²) in [5, 5.41) is 2.91. The number of anilines is 1. The Hall–Kier alpha value is -1.22. The first-order chi connectivity index (χ1) is 9.92. The molecule has 9 heteroatoms. The molecule has 0 spiro atoms. The summed E-state index contributed by atoms with van der Waals surface area (Å²) in [5.41, 5.74) is 0. The molecule has 114 valence electrons. The van der Waals surface area contributed by atoms with Crippen molar-refractivity contribution in [1.29, 1.82) is 0 Å². The van der Waals surface area contributed by atoms with Crippen LogP contribution in [0.2, 0.25) is 4.34 Å². The van der Waals surface area contributed by atoms with Gasteiger partial charge < -0.3 is 5.32 Å². The van der Waals surface area contributed by atoms with Crippen LogP contribution in [0, 0.1) is 0 Å². The number of halogens is 1. The molecule has 2 heterocycles.